The number of hydrogen-bond acceptors (Lipinski definition) is 7. The number of hydrogen-bond donors (Lipinski definition) is 0. The third-order valence-electron chi connectivity index (χ3n) is 6.77. The third kappa shape index (κ3) is 6.17. The zero-order chi connectivity index (χ0) is 30.2. The van der Waals surface area contributed by atoms with E-state index in [1.165, 1.54) is 23.1 Å². The molecule has 5 rings (SSSR count). The molecule has 0 unspecified atom stereocenters. The van der Waals surface area contributed by atoms with Crippen LogP contribution in [0.1, 0.15) is 31.1 Å². The first-order valence-corrected chi connectivity index (χ1v) is 14.5. The molecule has 1 aliphatic rings. The molecule has 2 aromatic heterocycles. The van der Waals surface area contributed by atoms with Gasteiger partial charge in [0.1, 0.15) is 22.8 Å². The van der Waals surface area contributed by atoms with E-state index in [0.29, 0.717) is 53.1 Å². The number of rotatable bonds is 4. The van der Waals surface area contributed by atoms with Gasteiger partial charge in [-0.2, -0.15) is 0 Å². The Morgan fingerprint density at radius 2 is 1.76 bits per heavy atom. The van der Waals surface area contributed by atoms with Crippen molar-refractivity contribution >= 4 is 62.1 Å². The normalized spacial score (nSPS) is 13.8. The van der Waals surface area contributed by atoms with Crippen molar-refractivity contribution in [3.05, 3.63) is 75.7 Å². The number of benzene rings is 2. The van der Waals surface area contributed by atoms with Crippen molar-refractivity contribution < 1.29 is 18.7 Å². The van der Waals surface area contributed by atoms with Crippen molar-refractivity contribution in [2.75, 3.05) is 43.0 Å². The first-order chi connectivity index (χ1) is 19.9. The maximum absolute atomic E-state index is 14.4. The smallest absolute Gasteiger partial charge is 0.410 e. The van der Waals surface area contributed by atoms with Crippen LogP contribution in [-0.4, -0.2) is 70.7 Å². The lowest BCUT2D eigenvalue weighted by Crippen LogP contribution is -2.50. The lowest BCUT2D eigenvalue weighted by atomic mass is 10.1. The number of aromatic nitrogens is 3. The summed E-state index contributed by atoms with van der Waals surface area (Å²) in [5.74, 6) is -0.486. The number of carbonyl (C=O) groups is 2. The highest BCUT2D eigenvalue weighted by Crippen LogP contribution is 2.34. The summed E-state index contributed by atoms with van der Waals surface area (Å²) in [7, 11) is 1.55. The van der Waals surface area contributed by atoms with Gasteiger partial charge in [-0.15, -0.1) is 0 Å². The zero-order valence-corrected chi connectivity index (χ0v) is 25.9. The molecule has 0 atom stereocenters. The summed E-state index contributed by atoms with van der Waals surface area (Å²) in [6.07, 6.45) is 3.10. The Morgan fingerprint density at radius 1 is 1.02 bits per heavy atom. The molecule has 1 saturated heterocycles. The highest BCUT2D eigenvalue weighted by molar-refractivity contribution is 9.10. The summed E-state index contributed by atoms with van der Waals surface area (Å²) in [4.78, 5) is 44.6. The largest absolute Gasteiger partial charge is 0.444 e. The molecule has 1 fully saturated rings. The molecule has 0 N–H and O–H groups in total. The number of amides is 2. The van der Waals surface area contributed by atoms with Crippen LogP contribution in [0, 0.1) is 5.82 Å². The summed E-state index contributed by atoms with van der Waals surface area (Å²) in [5.41, 5.74) is 2.26. The molecule has 2 aromatic carbocycles. The minimum absolute atomic E-state index is 0.0340. The molecule has 4 aromatic rings. The summed E-state index contributed by atoms with van der Waals surface area (Å²) in [6, 6.07) is 11.4. The predicted octanol–water partition coefficient (Wildman–Crippen LogP) is 6.58. The summed E-state index contributed by atoms with van der Waals surface area (Å²) >= 11 is 9.71. The highest BCUT2D eigenvalue weighted by atomic mass is 79.9. The Balaban J connectivity index is 1.33. The molecule has 0 aliphatic carbocycles. The molecule has 0 spiro atoms. The fourth-order valence-corrected chi connectivity index (χ4v) is 5.51. The molecule has 3 heterocycles. The molecule has 0 bridgehead atoms. The molecular formula is C30H29BrClFN6O3. The number of carbonyl (C=O) groups excluding carboxylic acids is 2. The fraction of sp³-hybridized carbons (Fsp3) is 0.300. The fourth-order valence-electron chi connectivity index (χ4n) is 4.58. The number of fused-ring (bicyclic) bond motifs is 1. The van der Waals surface area contributed by atoms with Gasteiger partial charge in [0.05, 0.1) is 38.2 Å². The van der Waals surface area contributed by atoms with E-state index in [0.717, 1.165) is 11.4 Å². The monoisotopic (exact) mass is 654 g/mol. The third-order valence-corrected chi connectivity index (χ3v) is 7.87. The molecule has 12 heteroatoms. The van der Waals surface area contributed by atoms with Crippen LogP contribution in [0.25, 0.3) is 22.3 Å². The van der Waals surface area contributed by atoms with Crippen LogP contribution in [0.15, 0.2) is 59.3 Å². The van der Waals surface area contributed by atoms with Crippen LogP contribution in [0.4, 0.5) is 20.7 Å². The number of nitrogens with zero attached hydrogens (tertiary/aromatic N) is 6. The van der Waals surface area contributed by atoms with E-state index in [2.05, 4.69) is 30.8 Å². The number of piperazine rings is 1. The molecule has 0 radical (unpaired) electrons. The first kappa shape index (κ1) is 29.7. The highest BCUT2D eigenvalue weighted by Gasteiger charge is 2.27. The average Bonchev–Trinajstić information content (AvgIpc) is 2.96. The van der Waals surface area contributed by atoms with Gasteiger partial charge in [-0.1, -0.05) is 17.7 Å². The summed E-state index contributed by atoms with van der Waals surface area (Å²) in [6.45, 7) is 7.94. The van der Waals surface area contributed by atoms with Crippen molar-refractivity contribution in [1.82, 2.24) is 19.9 Å². The van der Waals surface area contributed by atoms with Crippen molar-refractivity contribution in [3.8, 4) is 11.3 Å². The number of ether oxygens (including phenoxy) is 1. The maximum Gasteiger partial charge on any atom is 0.410 e. The van der Waals surface area contributed by atoms with Crippen LogP contribution >= 0.6 is 27.5 Å². The van der Waals surface area contributed by atoms with Crippen molar-refractivity contribution in [2.24, 2.45) is 0 Å². The van der Waals surface area contributed by atoms with E-state index in [-0.39, 0.29) is 16.7 Å². The van der Waals surface area contributed by atoms with Crippen molar-refractivity contribution in [1.29, 1.82) is 0 Å². The van der Waals surface area contributed by atoms with Crippen LogP contribution in [0.5, 0.6) is 0 Å². The second-order valence-electron chi connectivity index (χ2n) is 10.8. The van der Waals surface area contributed by atoms with Crippen LogP contribution < -0.4 is 9.80 Å². The topological polar surface area (TPSA) is 91.8 Å². The van der Waals surface area contributed by atoms with Gasteiger partial charge in [-0.05, 0) is 73.1 Å². The second kappa shape index (κ2) is 11.8. The predicted molar refractivity (Wildman–Crippen MR) is 165 cm³/mol. The van der Waals surface area contributed by atoms with Gasteiger partial charge in [-0.3, -0.25) is 9.78 Å². The van der Waals surface area contributed by atoms with Crippen LogP contribution in [0.2, 0.25) is 5.02 Å². The van der Waals surface area contributed by atoms with E-state index in [4.69, 9.17) is 21.3 Å². The zero-order valence-electron chi connectivity index (χ0n) is 23.6. The van der Waals surface area contributed by atoms with Gasteiger partial charge < -0.3 is 19.4 Å². The Morgan fingerprint density at radius 3 is 2.40 bits per heavy atom. The van der Waals surface area contributed by atoms with Gasteiger partial charge in [0.25, 0.3) is 5.91 Å². The number of anilines is 2. The molecule has 1 aliphatic heterocycles. The van der Waals surface area contributed by atoms with Gasteiger partial charge in [0.2, 0.25) is 0 Å². The van der Waals surface area contributed by atoms with Crippen LogP contribution in [-0.2, 0) is 4.74 Å². The van der Waals surface area contributed by atoms with E-state index >= 15 is 0 Å². The Hall–Kier alpha value is -3.83. The Kier molecular flexibility index (Phi) is 8.34. The molecule has 9 nitrogen and oxygen atoms in total. The summed E-state index contributed by atoms with van der Waals surface area (Å²) in [5, 5.41) is 0.0340. The Bertz CT molecular complexity index is 1640. The molecule has 0 saturated carbocycles. The standard InChI is InChI=1S/C30H29BrClFN6O3/c1-30(2,3)42-29(41)39-14-12-38(13-15-39)24-11-8-18(16-35-24)22-17-34-21-9-10-23(26(31)27(21)36-22)37(4)28(40)25-19(32)6-5-7-20(25)33/h5-11,16-17H,12-15H2,1-4H3. The minimum Gasteiger partial charge on any atom is -0.444 e. The minimum atomic E-state index is -0.695. The number of halogens is 3. The van der Waals surface area contributed by atoms with Gasteiger partial charge in [0.15, 0.2) is 0 Å². The maximum atomic E-state index is 14.4. The van der Waals surface area contributed by atoms with E-state index in [1.54, 1.807) is 36.5 Å². The van der Waals surface area contributed by atoms with E-state index < -0.39 is 17.3 Å². The Labute approximate surface area is 256 Å². The lowest BCUT2D eigenvalue weighted by molar-refractivity contribution is 0.0240. The van der Waals surface area contributed by atoms with Crippen LogP contribution in [0.3, 0.4) is 0 Å². The van der Waals surface area contributed by atoms with E-state index in [1.807, 2.05) is 32.9 Å². The quantitative estimate of drug-likeness (QED) is 0.245. The van der Waals surface area contributed by atoms with Gasteiger partial charge >= 0.3 is 6.09 Å². The average molecular weight is 656 g/mol. The van der Waals surface area contributed by atoms with Crippen molar-refractivity contribution in [3.63, 3.8) is 0 Å². The molecule has 2 amide bonds. The molecule has 218 valence electrons. The number of pyridine rings is 1. The lowest BCUT2D eigenvalue weighted by Gasteiger charge is -2.36. The summed E-state index contributed by atoms with van der Waals surface area (Å²) < 4.78 is 20.4. The van der Waals surface area contributed by atoms with Crippen molar-refractivity contribution in [2.45, 2.75) is 26.4 Å². The van der Waals surface area contributed by atoms with E-state index in [9.17, 15) is 14.0 Å². The molecule has 42 heavy (non-hydrogen) atoms. The van der Waals surface area contributed by atoms with Gasteiger partial charge in [0, 0.05) is 45.0 Å². The van der Waals surface area contributed by atoms with Gasteiger partial charge in [-0.25, -0.2) is 19.2 Å². The first-order valence-electron chi connectivity index (χ1n) is 13.3. The molecular weight excluding hydrogens is 627 g/mol. The SMILES string of the molecule is CN(C(=O)c1c(F)cccc1Cl)c1ccc2ncc(-c3ccc(N4CCN(C(=O)OC(C)(C)C)CC4)nc3)nc2c1Br. The second-order valence-corrected chi connectivity index (χ2v) is 12.0.